The molecular formula is C21H29N3O2. The normalized spacial score (nSPS) is 25.0. The molecule has 1 N–H and O–H groups in total. The van der Waals surface area contributed by atoms with E-state index in [1.165, 1.54) is 12.8 Å². The molecule has 2 fully saturated rings. The van der Waals surface area contributed by atoms with Crippen LogP contribution in [0.2, 0.25) is 0 Å². The highest BCUT2D eigenvalue weighted by Crippen LogP contribution is 2.27. The van der Waals surface area contributed by atoms with Crippen molar-refractivity contribution in [3.63, 3.8) is 0 Å². The summed E-state index contributed by atoms with van der Waals surface area (Å²) < 4.78 is 5.46. The number of ether oxygens (including phenoxy) is 1. The predicted molar refractivity (Wildman–Crippen MR) is 103 cm³/mol. The summed E-state index contributed by atoms with van der Waals surface area (Å²) in [5.74, 6) is 0.813. The Hall–Kier alpha value is -1.69. The van der Waals surface area contributed by atoms with E-state index < -0.39 is 5.60 Å². The lowest BCUT2D eigenvalue weighted by atomic mass is 9.92. The van der Waals surface area contributed by atoms with E-state index in [1.54, 1.807) is 7.11 Å². The zero-order chi connectivity index (χ0) is 18.0. The number of pyridine rings is 1. The third kappa shape index (κ3) is 3.85. The average Bonchev–Trinajstić information content (AvgIpc) is 3.13. The molecule has 2 aliphatic heterocycles. The van der Waals surface area contributed by atoms with Gasteiger partial charge in [0.1, 0.15) is 11.3 Å². The van der Waals surface area contributed by atoms with Crippen molar-refractivity contribution in [2.24, 2.45) is 0 Å². The van der Waals surface area contributed by atoms with Gasteiger partial charge in [-0.3, -0.25) is 4.90 Å². The molecule has 0 radical (unpaired) electrons. The van der Waals surface area contributed by atoms with Gasteiger partial charge in [0.25, 0.3) is 0 Å². The van der Waals surface area contributed by atoms with Crippen molar-refractivity contribution < 1.29 is 9.84 Å². The Morgan fingerprint density at radius 2 is 1.88 bits per heavy atom. The molecule has 0 amide bonds. The number of β-amino-alcohol motifs (C(OH)–C–C–N with tert-alkyl or cyclic N) is 1. The van der Waals surface area contributed by atoms with Crippen LogP contribution in [0.1, 0.15) is 31.4 Å². The third-order valence-electron chi connectivity index (χ3n) is 5.70. The van der Waals surface area contributed by atoms with Crippen molar-refractivity contribution in [1.29, 1.82) is 0 Å². The smallest absolute Gasteiger partial charge is 0.145 e. The number of methoxy groups -OCH3 is 1. The molecule has 2 aromatic rings. The lowest BCUT2D eigenvalue weighted by molar-refractivity contribution is -0.0521. The number of rotatable bonds is 5. The molecule has 1 aromatic heterocycles. The van der Waals surface area contributed by atoms with Crippen LogP contribution in [0, 0.1) is 0 Å². The van der Waals surface area contributed by atoms with Gasteiger partial charge in [-0.25, -0.2) is 4.98 Å². The Balaban J connectivity index is 1.47. The number of aromatic nitrogens is 1. The minimum atomic E-state index is -0.586. The van der Waals surface area contributed by atoms with E-state index in [4.69, 9.17) is 9.72 Å². The Morgan fingerprint density at radius 3 is 2.69 bits per heavy atom. The van der Waals surface area contributed by atoms with Crippen LogP contribution >= 0.6 is 0 Å². The summed E-state index contributed by atoms with van der Waals surface area (Å²) in [5.41, 5.74) is 1.36. The van der Waals surface area contributed by atoms with E-state index in [9.17, 15) is 5.11 Å². The number of fused-ring (bicyclic) bond motifs is 1. The zero-order valence-corrected chi connectivity index (χ0v) is 15.7. The van der Waals surface area contributed by atoms with Crippen molar-refractivity contribution in [2.45, 2.75) is 37.8 Å². The van der Waals surface area contributed by atoms with Crippen molar-refractivity contribution in [2.75, 3.05) is 39.8 Å². The van der Waals surface area contributed by atoms with Gasteiger partial charge in [-0.15, -0.1) is 0 Å². The standard InChI is InChI=1S/C21H29N3O2/c1-26-19-7-4-6-17-8-9-18(22-20(17)19)14-24-13-5-10-21(25,16-24)15-23-11-2-3-12-23/h4,6-9,25H,2-3,5,10-16H2,1H3/t21-/m1/s1. The largest absolute Gasteiger partial charge is 0.494 e. The summed E-state index contributed by atoms with van der Waals surface area (Å²) in [6, 6.07) is 10.2. The van der Waals surface area contributed by atoms with E-state index in [1.807, 2.05) is 12.1 Å². The molecule has 0 saturated carbocycles. The predicted octanol–water partition coefficient (Wildman–Crippen LogP) is 2.67. The number of aliphatic hydroxyl groups is 1. The molecule has 0 unspecified atom stereocenters. The molecule has 5 heteroatoms. The molecule has 5 nitrogen and oxygen atoms in total. The van der Waals surface area contributed by atoms with E-state index in [0.29, 0.717) is 0 Å². The van der Waals surface area contributed by atoms with Crippen LogP contribution in [0.15, 0.2) is 30.3 Å². The van der Waals surface area contributed by atoms with Crippen molar-refractivity contribution in [3.05, 3.63) is 36.0 Å². The Bertz CT molecular complexity index is 760. The van der Waals surface area contributed by atoms with Gasteiger partial charge < -0.3 is 14.7 Å². The summed E-state index contributed by atoms with van der Waals surface area (Å²) in [4.78, 5) is 9.60. The molecule has 0 bridgehead atoms. The summed E-state index contributed by atoms with van der Waals surface area (Å²) in [6.45, 7) is 5.60. The first-order chi connectivity index (χ1) is 12.6. The van der Waals surface area contributed by atoms with Gasteiger partial charge in [0, 0.05) is 25.0 Å². The van der Waals surface area contributed by atoms with Gasteiger partial charge in [0.05, 0.1) is 18.4 Å². The summed E-state index contributed by atoms with van der Waals surface area (Å²) in [5, 5.41) is 12.2. The summed E-state index contributed by atoms with van der Waals surface area (Å²) >= 11 is 0. The summed E-state index contributed by atoms with van der Waals surface area (Å²) in [6.07, 6.45) is 4.48. The monoisotopic (exact) mass is 355 g/mol. The fourth-order valence-corrected chi connectivity index (χ4v) is 4.47. The molecule has 140 valence electrons. The SMILES string of the molecule is COc1cccc2ccc(CN3CCC[C@@](O)(CN4CCCC4)C3)nc12. The molecule has 1 atom stereocenters. The van der Waals surface area contributed by atoms with E-state index in [2.05, 4.69) is 28.0 Å². The number of benzene rings is 1. The molecular weight excluding hydrogens is 326 g/mol. The average molecular weight is 355 g/mol. The topological polar surface area (TPSA) is 48.8 Å². The number of hydrogen-bond donors (Lipinski definition) is 1. The lowest BCUT2D eigenvalue weighted by Gasteiger charge is -2.41. The highest BCUT2D eigenvalue weighted by atomic mass is 16.5. The van der Waals surface area contributed by atoms with Crippen LogP contribution in [-0.2, 0) is 6.54 Å². The first-order valence-electron chi connectivity index (χ1n) is 9.75. The van der Waals surface area contributed by atoms with Gasteiger partial charge in [0.15, 0.2) is 0 Å². The third-order valence-corrected chi connectivity index (χ3v) is 5.70. The van der Waals surface area contributed by atoms with Gasteiger partial charge >= 0.3 is 0 Å². The molecule has 4 rings (SSSR count). The van der Waals surface area contributed by atoms with Gasteiger partial charge in [-0.05, 0) is 57.5 Å². The summed E-state index contributed by atoms with van der Waals surface area (Å²) in [7, 11) is 1.69. The molecule has 2 saturated heterocycles. The number of hydrogen-bond acceptors (Lipinski definition) is 5. The van der Waals surface area contributed by atoms with Crippen molar-refractivity contribution in [1.82, 2.24) is 14.8 Å². The van der Waals surface area contributed by atoms with Crippen LogP contribution in [-0.4, -0.2) is 65.3 Å². The highest BCUT2D eigenvalue weighted by molar-refractivity contribution is 5.84. The van der Waals surface area contributed by atoms with Gasteiger partial charge in [-0.1, -0.05) is 18.2 Å². The second kappa shape index (κ2) is 7.51. The number of nitrogens with zero attached hydrogens (tertiary/aromatic N) is 3. The van der Waals surface area contributed by atoms with E-state index in [0.717, 1.165) is 74.5 Å². The molecule has 2 aliphatic rings. The first kappa shape index (κ1) is 17.7. The molecule has 26 heavy (non-hydrogen) atoms. The fourth-order valence-electron chi connectivity index (χ4n) is 4.47. The lowest BCUT2D eigenvalue weighted by Crippen LogP contribution is -2.53. The maximum atomic E-state index is 11.1. The Morgan fingerprint density at radius 1 is 1.08 bits per heavy atom. The molecule has 3 heterocycles. The minimum absolute atomic E-state index is 0.586. The maximum Gasteiger partial charge on any atom is 0.145 e. The van der Waals surface area contributed by atoms with Crippen LogP contribution in [0.4, 0.5) is 0 Å². The van der Waals surface area contributed by atoms with Crippen LogP contribution in [0.25, 0.3) is 10.9 Å². The first-order valence-corrected chi connectivity index (χ1v) is 9.75. The highest BCUT2D eigenvalue weighted by Gasteiger charge is 2.35. The number of para-hydroxylation sites is 1. The molecule has 0 spiro atoms. The van der Waals surface area contributed by atoms with Gasteiger partial charge in [-0.2, -0.15) is 0 Å². The Labute approximate surface area is 155 Å². The van der Waals surface area contributed by atoms with Crippen molar-refractivity contribution >= 4 is 10.9 Å². The second-order valence-corrected chi connectivity index (χ2v) is 7.86. The number of piperidine rings is 1. The number of likely N-dealkylation sites (tertiary alicyclic amines) is 2. The van der Waals surface area contributed by atoms with E-state index in [-0.39, 0.29) is 0 Å². The maximum absolute atomic E-state index is 11.1. The van der Waals surface area contributed by atoms with Crippen LogP contribution in [0.3, 0.4) is 0 Å². The second-order valence-electron chi connectivity index (χ2n) is 7.86. The van der Waals surface area contributed by atoms with E-state index >= 15 is 0 Å². The quantitative estimate of drug-likeness (QED) is 0.894. The molecule has 0 aliphatic carbocycles. The molecule has 1 aromatic carbocycles. The van der Waals surface area contributed by atoms with Crippen LogP contribution < -0.4 is 4.74 Å². The minimum Gasteiger partial charge on any atom is -0.494 e. The Kier molecular flexibility index (Phi) is 5.11. The van der Waals surface area contributed by atoms with Crippen LogP contribution in [0.5, 0.6) is 5.75 Å². The van der Waals surface area contributed by atoms with Crippen molar-refractivity contribution in [3.8, 4) is 5.75 Å². The zero-order valence-electron chi connectivity index (χ0n) is 15.7. The fraction of sp³-hybridized carbons (Fsp3) is 0.571. The van der Waals surface area contributed by atoms with Gasteiger partial charge in [0.2, 0.25) is 0 Å².